The second-order valence-electron chi connectivity index (χ2n) is 17.2. The van der Waals surface area contributed by atoms with Crippen molar-refractivity contribution in [3.8, 4) is 61.3 Å². The van der Waals surface area contributed by atoms with Crippen LogP contribution >= 0.6 is 0 Å². The number of aromatic nitrogens is 1. The molecule has 0 bridgehead atoms. The SMILES string of the molecule is c1ccc(-c2ccc(-n3c4ccccc4c4cc(-c5cccc(C6c7ccccc7-c7cc(-c8cccc(C9c%10ccccc%10-c%10ccccc%109)c8)ccc76)c5)ccc43)cc2)cc1. The number of para-hydroxylation sites is 1. The zero-order chi connectivity index (χ0) is 41.4. The Labute approximate surface area is 367 Å². The van der Waals surface area contributed by atoms with Gasteiger partial charge in [-0.2, -0.15) is 0 Å². The molecule has 294 valence electrons. The minimum Gasteiger partial charge on any atom is -0.309 e. The molecule has 0 saturated carbocycles. The Bertz CT molecular complexity index is 3520. The fraction of sp³-hybridized carbons (Fsp3) is 0.0323. The van der Waals surface area contributed by atoms with Crippen LogP contribution in [0.25, 0.3) is 83.1 Å². The van der Waals surface area contributed by atoms with Crippen molar-refractivity contribution in [2.24, 2.45) is 0 Å². The molecule has 2 aliphatic rings. The van der Waals surface area contributed by atoms with E-state index in [-0.39, 0.29) is 11.8 Å². The van der Waals surface area contributed by atoms with Gasteiger partial charge in [0.15, 0.2) is 0 Å². The highest BCUT2D eigenvalue weighted by Crippen LogP contribution is 2.51. The minimum atomic E-state index is 0.146. The summed E-state index contributed by atoms with van der Waals surface area (Å²) in [7, 11) is 0. The molecule has 0 spiro atoms. The fourth-order valence-electron chi connectivity index (χ4n) is 10.9. The minimum absolute atomic E-state index is 0.146. The Morgan fingerprint density at radius 1 is 0.254 bits per heavy atom. The van der Waals surface area contributed by atoms with Crippen molar-refractivity contribution in [3.63, 3.8) is 0 Å². The second-order valence-corrected chi connectivity index (χ2v) is 17.2. The van der Waals surface area contributed by atoms with E-state index in [9.17, 15) is 0 Å². The van der Waals surface area contributed by atoms with E-state index in [0.717, 1.165) is 5.69 Å². The van der Waals surface area contributed by atoms with E-state index in [1.807, 2.05) is 0 Å². The lowest BCUT2D eigenvalue weighted by atomic mass is 9.86. The van der Waals surface area contributed by atoms with E-state index < -0.39 is 0 Å². The number of fused-ring (bicyclic) bond motifs is 9. The topological polar surface area (TPSA) is 4.93 Å². The van der Waals surface area contributed by atoms with Gasteiger partial charge in [0.05, 0.1) is 11.0 Å². The molecule has 0 radical (unpaired) electrons. The molecule has 0 saturated heterocycles. The molecule has 63 heavy (non-hydrogen) atoms. The van der Waals surface area contributed by atoms with Gasteiger partial charge in [0.2, 0.25) is 0 Å². The van der Waals surface area contributed by atoms with Crippen LogP contribution in [0.2, 0.25) is 0 Å². The molecule has 0 aliphatic heterocycles. The summed E-state index contributed by atoms with van der Waals surface area (Å²) in [5.41, 5.74) is 24.5. The first kappa shape index (κ1) is 35.7. The molecule has 1 nitrogen and oxygen atoms in total. The normalized spacial score (nSPS) is 13.8. The van der Waals surface area contributed by atoms with Crippen LogP contribution < -0.4 is 0 Å². The molecule has 0 amide bonds. The van der Waals surface area contributed by atoms with Crippen LogP contribution in [-0.2, 0) is 0 Å². The molecule has 1 unspecified atom stereocenters. The molecule has 1 atom stereocenters. The largest absolute Gasteiger partial charge is 0.309 e. The predicted octanol–water partition coefficient (Wildman–Crippen LogP) is 16.1. The van der Waals surface area contributed by atoms with Crippen LogP contribution in [0.15, 0.2) is 237 Å². The summed E-state index contributed by atoms with van der Waals surface area (Å²) >= 11 is 0. The van der Waals surface area contributed by atoms with Crippen molar-refractivity contribution in [1.82, 2.24) is 4.57 Å². The van der Waals surface area contributed by atoms with Gasteiger partial charge in [0.25, 0.3) is 0 Å². The van der Waals surface area contributed by atoms with Gasteiger partial charge >= 0.3 is 0 Å². The van der Waals surface area contributed by atoms with Gasteiger partial charge in [-0.3, -0.25) is 0 Å². The third kappa shape index (κ3) is 5.70. The van der Waals surface area contributed by atoms with E-state index in [1.54, 1.807) is 0 Å². The number of hydrogen-bond donors (Lipinski definition) is 0. The first-order chi connectivity index (χ1) is 31.2. The van der Waals surface area contributed by atoms with Crippen molar-refractivity contribution in [2.45, 2.75) is 11.8 Å². The summed E-state index contributed by atoms with van der Waals surface area (Å²) in [5.74, 6) is 0.369. The van der Waals surface area contributed by atoms with Gasteiger partial charge in [-0.15, -0.1) is 0 Å². The van der Waals surface area contributed by atoms with E-state index in [4.69, 9.17) is 0 Å². The lowest BCUT2D eigenvalue weighted by Gasteiger charge is -2.17. The zero-order valence-corrected chi connectivity index (χ0v) is 34.6. The maximum atomic E-state index is 2.44. The summed E-state index contributed by atoms with van der Waals surface area (Å²) in [5, 5.41) is 2.52. The quantitative estimate of drug-likeness (QED) is 0.158. The predicted molar refractivity (Wildman–Crippen MR) is 263 cm³/mol. The smallest absolute Gasteiger partial charge is 0.0541 e. The molecular weight excluding hydrogens is 759 g/mol. The Morgan fingerprint density at radius 2 is 0.698 bits per heavy atom. The highest BCUT2D eigenvalue weighted by Gasteiger charge is 2.32. The average Bonchev–Trinajstić information content (AvgIpc) is 4.00. The zero-order valence-electron chi connectivity index (χ0n) is 34.6. The molecule has 11 aromatic rings. The summed E-state index contributed by atoms with van der Waals surface area (Å²) in [6.45, 7) is 0. The van der Waals surface area contributed by atoms with Gasteiger partial charge in [0, 0.05) is 28.3 Å². The van der Waals surface area contributed by atoms with Crippen molar-refractivity contribution >= 4 is 21.8 Å². The van der Waals surface area contributed by atoms with Crippen molar-refractivity contribution < 1.29 is 0 Å². The number of hydrogen-bond acceptors (Lipinski definition) is 0. The third-order valence-electron chi connectivity index (χ3n) is 13.8. The highest BCUT2D eigenvalue weighted by atomic mass is 15.0. The Kier molecular flexibility index (Phi) is 8.11. The molecule has 1 heterocycles. The van der Waals surface area contributed by atoms with Crippen LogP contribution in [0.4, 0.5) is 0 Å². The second kappa shape index (κ2) is 14.3. The van der Waals surface area contributed by atoms with Crippen LogP contribution in [0.3, 0.4) is 0 Å². The van der Waals surface area contributed by atoms with Crippen LogP contribution in [0.5, 0.6) is 0 Å². The fourth-order valence-corrected chi connectivity index (χ4v) is 10.9. The van der Waals surface area contributed by atoms with Crippen molar-refractivity contribution in [1.29, 1.82) is 0 Å². The summed E-state index contributed by atoms with van der Waals surface area (Å²) in [6.07, 6.45) is 0. The first-order valence-corrected chi connectivity index (χ1v) is 22.1. The summed E-state index contributed by atoms with van der Waals surface area (Å²) < 4.78 is 2.41. The highest BCUT2D eigenvalue weighted by molar-refractivity contribution is 6.10. The van der Waals surface area contributed by atoms with Gasteiger partial charge in [0.1, 0.15) is 0 Å². The molecule has 0 N–H and O–H groups in total. The molecule has 0 fully saturated rings. The standard InChI is InChI=1S/C62H41N/c1-2-14-40(15-3-1)41-28-32-48(33-29-41)63-59-27-11-10-23-52(59)58-39-45(31-35-60(58)63)43-17-13-19-47(37-43)62-55-26-9-6-22-51(55)57-38-44(30-34-56(57)62)42-16-12-18-46(36-42)61-53-24-7-4-20-49(53)50-21-5-8-25-54(50)61/h1-39,61-62H. The van der Waals surface area contributed by atoms with E-state index >= 15 is 0 Å². The molecule has 1 heteroatoms. The lowest BCUT2D eigenvalue weighted by Crippen LogP contribution is -2.00. The molecule has 10 aromatic carbocycles. The molecule has 1 aromatic heterocycles. The first-order valence-electron chi connectivity index (χ1n) is 22.1. The van der Waals surface area contributed by atoms with E-state index in [0.29, 0.717) is 0 Å². The van der Waals surface area contributed by atoms with Crippen LogP contribution in [0, 0.1) is 0 Å². The molecular formula is C62H41N. The molecule has 2 aliphatic carbocycles. The lowest BCUT2D eigenvalue weighted by molar-refractivity contribution is 1.01. The number of rotatable bonds is 6. The van der Waals surface area contributed by atoms with Crippen molar-refractivity contribution in [2.75, 3.05) is 0 Å². The summed E-state index contributed by atoms with van der Waals surface area (Å²) in [6, 6.07) is 87.9. The van der Waals surface area contributed by atoms with Crippen molar-refractivity contribution in [3.05, 3.63) is 270 Å². The maximum absolute atomic E-state index is 2.44. The van der Waals surface area contributed by atoms with E-state index in [2.05, 4.69) is 241 Å². The molecule has 13 rings (SSSR count). The average molecular weight is 800 g/mol. The monoisotopic (exact) mass is 799 g/mol. The summed E-state index contributed by atoms with van der Waals surface area (Å²) in [4.78, 5) is 0. The maximum Gasteiger partial charge on any atom is 0.0541 e. The van der Waals surface area contributed by atoms with Crippen LogP contribution in [-0.4, -0.2) is 4.57 Å². The van der Waals surface area contributed by atoms with Gasteiger partial charge in [-0.1, -0.05) is 200 Å². The number of benzene rings is 10. The van der Waals surface area contributed by atoms with Gasteiger partial charge in [-0.05, 0) is 125 Å². The van der Waals surface area contributed by atoms with Gasteiger partial charge in [-0.25, -0.2) is 0 Å². The van der Waals surface area contributed by atoms with E-state index in [1.165, 1.54) is 111 Å². The third-order valence-corrected chi connectivity index (χ3v) is 13.8. The Morgan fingerprint density at radius 3 is 1.35 bits per heavy atom. The Hall–Kier alpha value is -8.00. The number of nitrogens with zero attached hydrogens (tertiary/aromatic N) is 1. The Balaban J connectivity index is 0.862. The van der Waals surface area contributed by atoms with Crippen LogP contribution in [0.1, 0.15) is 45.2 Å². The van der Waals surface area contributed by atoms with Gasteiger partial charge < -0.3 is 4.57 Å².